The van der Waals surface area contributed by atoms with Crippen LogP contribution in [0.1, 0.15) is 57.2 Å². The summed E-state index contributed by atoms with van der Waals surface area (Å²) in [5.74, 6) is 1.71. The first-order valence-corrected chi connectivity index (χ1v) is 7.47. The quantitative estimate of drug-likeness (QED) is 0.911. The molecule has 1 unspecified atom stereocenters. The molecule has 3 heteroatoms. The molecule has 1 heterocycles. The average Bonchev–Trinajstić information content (AvgIpc) is 2.45. The summed E-state index contributed by atoms with van der Waals surface area (Å²) in [5, 5.41) is 3.60. The summed E-state index contributed by atoms with van der Waals surface area (Å²) in [4.78, 5) is 0. The van der Waals surface area contributed by atoms with Crippen LogP contribution >= 0.6 is 0 Å². The lowest BCUT2D eigenvalue weighted by atomic mass is 9.84. The number of ether oxygens (including phenoxy) is 2. The monoisotopic (exact) mass is 277 g/mol. The molecule has 0 spiro atoms. The van der Waals surface area contributed by atoms with Crippen molar-refractivity contribution >= 4 is 0 Å². The summed E-state index contributed by atoms with van der Waals surface area (Å²) >= 11 is 0. The van der Waals surface area contributed by atoms with Crippen molar-refractivity contribution in [3.05, 3.63) is 23.3 Å². The van der Waals surface area contributed by atoms with Crippen molar-refractivity contribution in [3.8, 4) is 11.5 Å². The Bertz CT molecular complexity index is 457. The molecule has 1 aliphatic heterocycles. The van der Waals surface area contributed by atoms with Crippen LogP contribution in [0.5, 0.6) is 11.5 Å². The van der Waals surface area contributed by atoms with Gasteiger partial charge < -0.3 is 14.8 Å². The molecule has 2 rings (SSSR count). The summed E-state index contributed by atoms with van der Waals surface area (Å²) in [5.41, 5.74) is 2.62. The maximum atomic E-state index is 5.62. The second kappa shape index (κ2) is 6.04. The fraction of sp³-hybridized carbons (Fsp3) is 0.647. The molecule has 1 aliphatic rings. The van der Waals surface area contributed by atoms with Crippen LogP contribution in [0.4, 0.5) is 0 Å². The van der Waals surface area contributed by atoms with Crippen LogP contribution < -0.4 is 14.8 Å². The SMILES string of the molecule is COc1cc(C(C)(C)C)cc(C2CCCCN2)c1OC. The number of piperidine rings is 1. The van der Waals surface area contributed by atoms with Crippen molar-refractivity contribution in [2.24, 2.45) is 0 Å². The molecule has 1 N–H and O–H groups in total. The van der Waals surface area contributed by atoms with Crippen molar-refractivity contribution in [1.82, 2.24) is 5.32 Å². The van der Waals surface area contributed by atoms with Crippen molar-refractivity contribution in [1.29, 1.82) is 0 Å². The van der Waals surface area contributed by atoms with Gasteiger partial charge in [0.1, 0.15) is 0 Å². The molecule has 1 aromatic rings. The predicted molar refractivity (Wildman–Crippen MR) is 82.8 cm³/mol. The summed E-state index contributed by atoms with van der Waals surface area (Å²) in [6.07, 6.45) is 3.69. The average molecular weight is 277 g/mol. The highest BCUT2D eigenvalue weighted by molar-refractivity contribution is 5.52. The molecule has 1 saturated heterocycles. The summed E-state index contributed by atoms with van der Waals surface area (Å²) in [6.45, 7) is 7.76. The Balaban J connectivity index is 2.50. The van der Waals surface area contributed by atoms with Gasteiger partial charge in [0.05, 0.1) is 14.2 Å². The zero-order valence-corrected chi connectivity index (χ0v) is 13.4. The van der Waals surface area contributed by atoms with E-state index in [1.165, 1.54) is 24.0 Å². The van der Waals surface area contributed by atoms with E-state index in [4.69, 9.17) is 9.47 Å². The Labute approximate surface area is 122 Å². The molecule has 1 fully saturated rings. The topological polar surface area (TPSA) is 30.5 Å². The van der Waals surface area contributed by atoms with E-state index >= 15 is 0 Å². The highest BCUT2D eigenvalue weighted by Crippen LogP contribution is 2.41. The van der Waals surface area contributed by atoms with E-state index < -0.39 is 0 Å². The Hall–Kier alpha value is -1.22. The lowest BCUT2D eigenvalue weighted by Gasteiger charge is -2.29. The number of rotatable bonds is 3. The van der Waals surface area contributed by atoms with Crippen molar-refractivity contribution < 1.29 is 9.47 Å². The normalized spacial score (nSPS) is 19.8. The highest BCUT2D eigenvalue weighted by Gasteiger charge is 2.25. The highest BCUT2D eigenvalue weighted by atomic mass is 16.5. The van der Waals surface area contributed by atoms with Gasteiger partial charge in [0.15, 0.2) is 11.5 Å². The maximum Gasteiger partial charge on any atom is 0.165 e. The van der Waals surface area contributed by atoms with Gasteiger partial charge in [-0.2, -0.15) is 0 Å². The maximum absolute atomic E-state index is 5.62. The second-order valence-corrected chi connectivity index (χ2v) is 6.55. The Kier molecular flexibility index (Phi) is 4.59. The van der Waals surface area contributed by atoms with Crippen LogP contribution in [0.25, 0.3) is 0 Å². The van der Waals surface area contributed by atoms with E-state index in [1.54, 1.807) is 14.2 Å². The minimum Gasteiger partial charge on any atom is -0.493 e. The lowest BCUT2D eigenvalue weighted by molar-refractivity contribution is 0.336. The van der Waals surface area contributed by atoms with E-state index in [0.29, 0.717) is 6.04 Å². The smallest absolute Gasteiger partial charge is 0.165 e. The zero-order valence-electron chi connectivity index (χ0n) is 13.4. The van der Waals surface area contributed by atoms with Crippen LogP contribution in [0.15, 0.2) is 12.1 Å². The third-order valence-corrected chi connectivity index (χ3v) is 4.06. The molecule has 3 nitrogen and oxygen atoms in total. The molecule has 20 heavy (non-hydrogen) atoms. The summed E-state index contributed by atoms with van der Waals surface area (Å²) < 4.78 is 11.2. The van der Waals surface area contributed by atoms with Gasteiger partial charge in [-0.25, -0.2) is 0 Å². The van der Waals surface area contributed by atoms with Gasteiger partial charge in [0, 0.05) is 11.6 Å². The number of hydrogen-bond acceptors (Lipinski definition) is 3. The van der Waals surface area contributed by atoms with Gasteiger partial charge >= 0.3 is 0 Å². The van der Waals surface area contributed by atoms with Gasteiger partial charge in [-0.05, 0) is 42.5 Å². The molecule has 112 valence electrons. The number of methoxy groups -OCH3 is 2. The Morgan fingerprint density at radius 3 is 2.35 bits per heavy atom. The van der Waals surface area contributed by atoms with E-state index in [0.717, 1.165) is 24.5 Å². The molecular formula is C17H27NO2. The molecule has 0 bridgehead atoms. The first-order valence-electron chi connectivity index (χ1n) is 7.47. The number of hydrogen-bond donors (Lipinski definition) is 1. The van der Waals surface area contributed by atoms with E-state index in [-0.39, 0.29) is 5.41 Å². The third-order valence-electron chi connectivity index (χ3n) is 4.06. The Morgan fingerprint density at radius 1 is 1.10 bits per heavy atom. The number of benzene rings is 1. The largest absolute Gasteiger partial charge is 0.493 e. The van der Waals surface area contributed by atoms with Crippen molar-refractivity contribution in [3.63, 3.8) is 0 Å². The third kappa shape index (κ3) is 3.09. The van der Waals surface area contributed by atoms with E-state index in [9.17, 15) is 0 Å². The summed E-state index contributed by atoms with van der Waals surface area (Å²) in [6, 6.07) is 4.75. The number of nitrogens with one attached hydrogen (secondary N) is 1. The Morgan fingerprint density at radius 2 is 1.85 bits per heavy atom. The van der Waals surface area contributed by atoms with Gasteiger partial charge in [0.2, 0.25) is 0 Å². The second-order valence-electron chi connectivity index (χ2n) is 6.55. The molecular weight excluding hydrogens is 250 g/mol. The molecule has 0 aromatic heterocycles. The van der Waals surface area contributed by atoms with Gasteiger partial charge in [-0.15, -0.1) is 0 Å². The van der Waals surface area contributed by atoms with Crippen LogP contribution in [-0.4, -0.2) is 20.8 Å². The van der Waals surface area contributed by atoms with Crippen LogP contribution in [-0.2, 0) is 5.41 Å². The standard InChI is InChI=1S/C17H27NO2/c1-17(2,3)12-10-13(14-8-6-7-9-18-14)16(20-5)15(11-12)19-4/h10-11,14,18H,6-9H2,1-5H3. The molecule has 0 saturated carbocycles. The molecule has 0 amide bonds. The van der Waals surface area contributed by atoms with Crippen LogP contribution in [0.2, 0.25) is 0 Å². The van der Waals surface area contributed by atoms with Gasteiger partial charge in [-0.3, -0.25) is 0 Å². The van der Waals surface area contributed by atoms with Crippen LogP contribution in [0, 0.1) is 0 Å². The lowest BCUT2D eigenvalue weighted by Crippen LogP contribution is -2.27. The van der Waals surface area contributed by atoms with Gasteiger partial charge in [0.25, 0.3) is 0 Å². The van der Waals surface area contributed by atoms with Crippen molar-refractivity contribution in [2.45, 2.75) is 51.5 Å². The van der Waals surface area contributed by atoms with Crippen LogP contribution in [0.3, 0.4) is 0 Å². The van der Waals surface area contributed by atoms with E-state index in [1.807, 2.05) is 0 Å². The molecule has 1 aromatic carbocycles. The first-order chi connectivity index (χ1) is 9.47. The zero-order chi connectivity index (χ0) is 14.8. The fourth-order valence-corrected chi connectivity index (χ4v) is 2.80. The summed E-state index contributed by atoms with van der Waals surface area (Å²) in [7, 11) is 3.43. The minimum absolute atomic E-state index is 0.100. The molecule has 1 atom stereocenters. The first kappa shape index (κ1) is 15.2. The molecule has 0 radical (unpaired) electrons. The van der Waals surface area contributed by atoms with Crippen molar-refractivity contribution in [2.75, 3.05) is 20.8 Å². The van der Waals surface area contributed by atoms with E-state index in [2.05, 4.69) is 38.2 Å². The fourth-order valence-electron chi connectivity index (χ4n) is 2.80. The molecule has 0 aliphatic carbocycles. The van der Waals surface area contributed by atoms with Gasteiger partial charge in [-0.1, -0.05) is 27.2 Å². The predicted octanol–water partition coefficient (Wildman–Crippen LogP) is 3.82. The minimum atomic E-state index is 0.100.